The summed E-state index contributed by atoms with van der Waals surface area (Å²) in [7, 11) is -1.75. The molecule has 1 aromatic carbocycles. The molecule has 0 radical (unpaired) electrons. The lowest BCUT2D eigenvalue weighted by atomic mass is 10.2. The quantitative estimate of drug-likeness (QED) is 0.727. The number of sulfone groups is 1. The number of methoxy groups -OCH3 is 1. The summed E-state index contributed by atoms with van der Waals surface area (Å²) in [5, 5.41) is 5.60. The van der Waals surface area contributed by atoms with Crippen molar-refractivity contribution in [1.29, 1.82) is 0 Å². The maximum atomic E-state index is 12.4. The molecule has 1 saturated heterocycles. The van der Waals surface area contributed by atoms with Crippen molar-refractivity contribution >= 4 is 33.3 Å². The van der Waals surface area contributed by atoms with Gasteiger partial charge in [-0.15, -0.1) is 0 Å². The Morgan fingerprint density at radius 1 is 1.26 bits per heavy atom. The number of carbonyl (C=O) groups is 2. The summed E-state index contributed by atoms with van der Waals surface area (Å²) in [4.78, 5) is 32.1. The van der Waals surface area contributed by atoms with Crippen LogP contribution in [0, 0.1) is 0 Å². The molecule has 1 fully saturated rings. The predicted molar refractivity (Wildman–Crippen MR) is 98.4 cm³/mol. The van der Waals surface area contributed by atoms with E-state index >= 15 is 0 Å². The van der Waals surface area contributed by atoms with Crippen LogP contribution in [0.15, 0.2) is 36.5 Å². The standard InChI is InChI=1S/C17H18N4O5S/c1-26-16(23)11-3-2-4-12(9-11)19-15(22)14-5-7-18-17(21-14)20-13-6-8-27(24,25)10-13/h2-5,7,9,13H,6,8,10H2,1H3,(H,19,22)(H,18,20,21). The van der Waals surface area contributed by atoms with Gasteiger partial charge in [0.2, 0.25) is 5.95 Å². The second-order valence-corrected chi connectivity index (χ2v) is 8.27. The minimum absolute atomic E-state index is 0.0209. The van der Waals surface area contributed by atoms with Crippen molar-refractivity contribution in [2.75, 3.05) is 29.2 Å². The molecule has 0 bridgehead atoms. The number of anilines is 2. The van der Waals surface area contributed by atoms with Gasteiger partial charge in [0, 0.05) is 17.9 Å². The topological polar surface area (TPSA) is 127 Å². The Morgan fingerprint density at radius 2 is 2.07 bits per heavy atom. The lowest BCUT2D eigenvalue weighted by molar-refractivity contribution is 0.0600. The lowest BCUT2D eigenvalue weighted by Gasteiger charge is -2.11. The monoisotopic (exact) mass is 390 g/mol. The normalized spacial score (nSPS) is 17.9. The Kier molecular flexibility index (Phi) is 5.36. The fourth-order valence-electron chi connectivity index (χ4n) is 2.68. The molecule has 1 atom stereocenters. The molecule has 2 aromatic rings. The summed E-state index contributed by atoms with van der Waals surface area (Å²) in [5.74, 6) is -0.658. The highest BCUT2D eigenvalue weighted by atomic mass is 32.2. The number of nitrogens with one attached hydrogen (secondary N) is 2. The molecule has 2 N–H and O–H groups in total. The third-order valence-electron chi connectivity index (χ3n) is 4.00. The second kappa shape index (κ2) is 7.70. The van der Waals surface area contributed by atoms with Crippen LogP contribution in [0.3, 0.4) is 0 Å². The van der Waals surface area contributed by atoms with Gasteiger partial charge in [0.05, 0.1) is 24.2 Å². The van der Waals surface area contributed by atoms with Gasteiger partial charge >= 0.3 is 5.97 Å². The molecule has 0 spiro atoms. The van der Waals surface area contributed by atoms with Gasteiger partial charge in [-0.3, -0.25) is 4.79 Å². The van der Waals surface area contributed by atoms with E-state index < -0.39 is 21.7 Å². The average Bonchev–Trinajstić information content (AvgIpc) is 2.99. The summed E-state index contributed by atoms with van der Waals surface area (Å²) < 4.78 is 27.7. The summed E-state index contributed by atoms with van der Waals surface area (Å²) in [5.41, 5.74) is 0.831. The molecule has 2 heterocycles. The molecule has 1 amide bonds. The first-order chi connectivity index (χ1) is 12.9. The van der Waals surface area contributed by atoms with Gasteiger partial charge in [-0.1, -0.05) is 6.07 Å². The number of rotatable bonds is 5. The fourth-order valence-corrected chi connectivity index (χ4v) is 4.36. The molecular weight excluding hydrogens is 372 g/mol. The Labute approximate surface area is 156 Å². The maximum Gasteiger partial charge on any atom is 0.337 e. The number of benzene rings is 1. The number of aromatic nitrogens is 2. The first kappa shape index (κ1) is 18.8. The first-order valence-electron chi connectivity index (χ1n) is 8.16. The zero-order chi connectivity index (χ0) is 19.4. The van der Waals surface area contributed by atoms with Crippen LogP contribution in [-0.2, 0) is 14.6 Å². The van der Waals surface area contributed by atoms with Gasteiger partial charge in [0.1, 0.15) is 5.69 Å². The van der Waals surface area contributed by atoms with E-state index in [2.05, 4.69) is 25.3 Å². The summed E-state index contributed by atoms with van der Waals surface area (Å²) in [6.45, 7) is 0. The van der Waals surface area contributed by atoms with Crippen LogP contribution in [0.2, 0.25) is 0 Å². The summed E-state index contributed by atoms with van der Waals surface area (Å²) >= 11 is 0. The average molecular weight is 390 g/mol. The van der Waals surface area contributed by atoms with Crippen molar-refractivity contribution in [1.82, 2.24) is 9.97 Å². The number of hydrogen-bond donors (Lipinski definition) is 2. The van der Waals surface area contributed by atoms with E-state index in [1.807, 2.05) is 0 Å². The van der Waals surface area contributed by atoms with Crippen LogP contribution in [0.1, 0.15) is 27.3 Å². The minimum Gasteiger partial charge on any atom is -0.465 e. The molecule has 9 nitrogen and oxygen atoms in total. The van der Waals surface area contributed by atoms with Crippen molar-refractivity contribution in [3.63, 3.8) is 0 Å². The van der Waals surface area contributed by atoms with Crippen LogP contribution in [0.25, 0.3) is 0 Å². The van der Waals surface area contributed by atoms with Crippen molar-refractivity contribution < 1.29 is 22.7 Å². The van der Waals surface area contributed by atoms with E-state index in [0.717, 1.165) is 0 Å². The van der Waals surface area contributed by atoms with Gasteiger partial charge in [0.25, 0.3) is 5.91 Å². The smallest absolute Gasteiger partial charge is 0.337 e. The van der Waals surface area contributed by atoms with E-state index in [0.29, 0.717) is 17.7 Å². The molecule has 3 rings (SSSR count). The Bertz CT molecular complexity index is 977. The van der Waals surface area contributed by atoms with E-state index in [-0.39, 0.29) is 29.2 Å². The number of hydrogen-bond acceptors (Lipinski definition) is 8. The Hall–Kier alpha value is -3.01. The molecule has 142 valence electrons. The fraction of sp³-hybridized carbons (Fsp3) is 0.294. The number of nitrogens with zero attached hydrogens (tertiary/aromatic N) is 2. The zero-order valence-corrected chi connectivity index (χ0v) is 15.3. The number of ether oxygens (including phenoxy) is 1. The highest BCUT2D eigenvalue weighted by Gasteiger charge is 2.28. The molecule has 10 heteroatoms. The molecular formula is C17H18N4O5S. The lowest BCUT2D eigenvalue weighted by Crippen LogP contribution is -2.23. The van der Waals surface area contributed by atoms with Gasteiger partial charge in [-0.25, -0.2) is 23.2 Å². The van der Waals surface area contributed by atoms with E-state index in [1.54, 1.807) is 18.2 Å². The van der Waals surface area contributed by atoms with Crippen LogP contribution < -0.4 is 10.6 Å². The van der Waals surface area contributed by atoms with Crippen molar-refractivity contribution in [3.8, 4) is 0 Å². The molecule has 0 saturated carbocycles. The van der Waals surface area contributed by atoms with Crippen molar-refractivity contribution in [2.24, 2.45) is 0 Å². The second-order valence-electron chi connectivity index (χ2n) is 6.04. The summed E-state index contributed by atoms with van der Waals surface area (Å²) in [6, 6.07) is 7.49. The molecule has 1 aliphatic heterocycles. The largest absolute Gasteiger partial charge is 0.465 e. The summed E-state index contributed by atoms with van der Waals surface area (Å²) in [6.07, 6.45) is 1.89. The highest BCUT2D eigenvalue weighted by Crippen LogP contribution is 2.16. The Balaban J connectivity index is 1.70. The SMILES string of the molecule is COC(=O)c1cccc(NC(=O)c2ccnc(NC3CCS(=O)(=O)C3)n2)c1. The maximum absolute atomic E-state index is 12.4. The molecule has 27 heavy (non-hydrogen) atoms. The van der Waals surface area contributed by atoms with Gasteiger partial charge < -0.3 is 15.4 Å². The molecule has 1 aliphatic rings. The van der Waals surface area contributed by atoms with E-state index in [1.165, 1.54) is 25.4 Å². The predicted octanol–water partition coefficient (Wildman–Crippen LogP) is 1.11. The first-order valence-corrected chi connectivity index (χ1v) is 9.98. The van der Waals surface area contributed by atoms with Crippen molar-refractivity contribution in [3.05, 3.63) is 47.8 Å². The van der Waals surface area contributed by atoms with Crippen LogP contribution in [-0.4, -0.2) is 54.9 Å². The van der Waals surface area contributed by atoms with Gasteiger partial charge in [0.15, 0.2) is 9.84 Å². The van der Waals surface area contributed by atoms with E-state index in [9.17, 15) is 18.0 Å². The van der Waals surface area contributed by atoms with Crippen LogP contribution in [0.5, 0.6) is 0 Å². The van der Waals surface area contributed by atoms with Crippen LogP contribution >= 0.6 is 0 Å². The molecule has 1 aromatic heterocycles. The van der Waals surface area contributed by atoms with Crippen molar-refractivity contribution in [2.45, 2.75) is 12.5 Å². The number of amides is 1. The third-order valence-corrected chi connectivity index (χ3v) is 5.76. The van der Waals surface area contributed by atoms with E-state index in [4.69, 9.17) is 0 Å². The Morgan fingerprint density at radius 3 is 2.78 bits per heavy atom. The van der Waals surface area contributed by atoms with Crippen LogP contribution in [0.4, 0.5) is 11.6 Å². The van der Waals surface area contributed by atoms with Gasteiger partial charge in [-0.05, 0) is 30.7 Å². The number of carbonyl (C=O) groups excluding carboxylic acids is 2. The third kappa shape index (κ3) is 4.79. The molecule has 0 aliphatic carbocycles. The molecule has 1 unspecified atom stereocenters. The zero-order valence-electron chi connectivity index (χ0n) is 14.5. The minimum atomic E-state index is -3.03. The van der Waals surface area contributed by atoms with Gasteiger partial charge in [-0.2, -0.15) is 0 Å². The number of esters is 1. The highest BCUT2D eigenvalue weighted by molar-refractivity contribution is 7.91.